The zero-order chi connectivity index (χ0) is 15.4. The third kappa shape index (κ3) is 3.58. The number of carbonyl (C=O) groups excluding carboxylic acids is 1. The average molecular weight is 288 g/mol. The number of carbonyl (C=O) groups is 1. The fraction of sp³-hybridized carbons (Fsp3) is 0.188. The van der Waals surface area contributed by atoms with Crippen molar-refractivity contribution in [1.29, 1.82) is 0 Å². The number of amides is 1. The molecule has 0 heterocycles. The number of hydrogen-bond donors (Lipinski definition) is 2. The summed E-state index contributed by atoms with van der Waals surface area (Å²) in [4.78, 5) is 12.1. The summed E-state index contributed by atoms with van der Waals surface area (Å²) >= 11 is 0. The van der Waals surface area contributed by atoms with Crippen molar-refractivity contribution < 1.29 is 13.9 Å². The van der Waals surface area contributed by atoms with E-state index in [2.05, 4.69) is 5.32 Å². The van der Waals surface area contributed by atoms with Crippen LogP contribution < -0.4 is 15.8 Å². The molecule has 3 N–H and O–H groups in total. The van der Waals surface area contributed by atoms with Gasteiger partial charge in [-0.25, -0.2) is 4.39 Å². The maximum Gasteiger partial charge on any atom is 0.255 e. The van der Waals surface area contributed by atoms with Gasteiger partial charge in [0, 0.05) is 17.3 Å². The fourth-order valence-corrected chi connectivity index (χ4v) is 1.91. The van der Waals surface area contributed by atoms with Gasteiger partial charge in [-0.15, -0.1) is 0 Å². The lowest BCUT2D eigenvalue weighted by Gasteiger charge is -2.10. The maximum absolute atomic E-state index is 13.6. The second kappa shape index (κ2) is 6.37. The van der Waals surface area contributed by atoms with Crippen molar-refractivity contribution >= 4 is 11.6 Å². The molecule has 0 bridgehead atoms. The van der Waals surface area contributed by atoms with Gasteiger partial charge in [-0.2, -0.15) is 0 Å². The molecule has 0 aromatic heterocycles. The van der Waals surface area contributed by atoms with Crippen molar-refractivity contribution in [1.82, 2.24) is 0 Å². The monoisotopic (exact) mass is 288 g/mol. The number of hydrogen-bond acceptors (Lipinski definition) is 3. The molecule has 0 fully saturated rings. The second-order valence-corrected chi connectivity index (χ2v) is 4.72. The normalized spacial score (nSPS) is 11.8. The van der Waals surface area contributed by atoms with Crippen LogP contribution in [-0.2, 0) is 0 Å². The third-order valence-corrected chi connectivity index (χ3v) is 3.08. The summed E-state index contributed by atoms with van der Waals surface area (Å²) in [5.41, 5.74) is 7.55. The summed E-state index contributed by atoms with van der Waals surface area (Å²) in [5, 5.41) is 2.72. The predicted molar refractivity (Wildman–Crippen MR) is 79.9 cm³/mol. The molecule has 0 aliphatic heterocycles. The van der Waals surface area contributed by atoms with Crippen LogP contribution in [0.2, 0.25) is 0 Å². The lowest BCUT2D eigenvalue weighted by molar-refractivity contribution is 0.102. The number of nitrogens with one attached hydrogen (secondary N) is 1. The summed E-state index contributed by atoms with van der Waals surface area (Å²) in [6.45, 7) is 1.86. The Balaban J connectivity index is 2.18. The molecule has 2 aromatic carbocycles. The van der Waals surface area contributed by atoms with Crippen molar-refractivity contribution in [3.05, 3.63) is 59.4 Å². The number of anilines is 1. The molecule has 21 heavy (non-hydrogen) atoms. The Bertz CT molecular complexity index is 656. The van der Waals surface area contributed by atoms with Gasteiger partial charge >= 0.3 is 0 Å². The van der Waals surface area contributed by atoms with E-state index in [4.69, 9.17) is 10.5 Å². The Labute approximate surface area is 122 Å². The summed E-state index contributed by atoms with van der Waals surface area (Å²) in [6.07, 6.45) is 0. The highest BCUT2D eigenvalue weighted by Crippen LogP contribution is 2.20. The van der Waals surface area contributed by atoms with Crippen molar-refractivity contribution in [3.8, 4) is 5.75 Å². The molecule has 0 aliphatic carbocycles. The SMILES string of the molecule is COc1ccc(C(=O)Nc2cccc(C(C)N)c2)cc1F. The minimum Gasteiger partial charge on any atom is -0.494 e. The first kappa shape index (κ1) is 15.0. The molecule has 4 nitrogen and oxygen atoms in total. The molecule has 2 rings (SSSR count). The summed E-state index contributed by atoms with van der Waals surface area (Å²) in [6, 6.07) is 11.2. The van der Waals surface area contributed by atoms with Crippen LogP contribution in [0.5, 0.6) is 5.75 Å². The standard InChI is InChI=1S/C16H17FN2O2/c1-10(18)11-4-3-5-13(8-11)19-16(20)12-6-7-15(21-2)14(17)9-12/h3-10H,18H2,1-2H3,(H,19,20). The zero-order valence-corrected chi connectivity index (χ0v) is 11.9. The smallest absolute Gasteiger partial charge is 0.255 e. The molecule has 0 aliphatic rings. The summed E-state index contributed by atoms with van der Waals surface area (Å²) < 4.78 is 18.4. The number of halogens is 1. The van der Waals surface area contributed by atoms with Gasteiger partial charge in [-0.05, 0) is 42.8 Å². The summed E-state index contributed by atoms with van der Waals surface area (Å²) in [5.74, 6) is -0.863. The fourth-order valence-electron chi connectivity index (χ4n) is 1.91. The van der Waals surface area contributed by atoms with Crippen LogP contribution >= 0.6 is 0 Å². The van der Waals surface area contributed by atoms with Crippen LogP contribution in [0, 0.1) is 5.82 Å². The Morgan fingerprint density at radius 3 is 2.67 bits per heavy atom. The van der Waals surface area contributed by atoms with Gasteiger partial charge in [0.2, 0.25) is 0 Å². The van der Waals surface area contributed by atoms with Gasteiger partial charge in [0.05, 0.1) is 7.11 Å². The molecule has 1 atom stereocenters. The maximum atomic E-state index is 13.6. The van der Waals surface area contributed by atoms with E-state index >= 15 is 0 Å². The molecule has 1 unspecified atom stereocenters. The van der Waals surface area contributed by atoms with Crippen molar-refractivity contribution in [3.63, 3.8) is 0 Å². The molecule has 0 radical (unpaired) electrons. The predicted octanol–water partition coefficient (Wildman–Crippen LogP) is 3.11. The molecule has 1 amide bonds. The van der Waals surface area contributed by atoms with Gasteiger partial charge in [0.1, 0.15) is 0 Å². The molecule has 2 aromatic rings. The van der Waals surface area contributed by atoms with Crippen LogP contribution in [0.4, 0.5) is 10.1 Å². The number of methoxy groups -OCH3 is 1. The first-order valence-corrected chi connectivity index (χ1v) is 6.51. The molecule has 0 spiro atoms. The largest absolute Gasteiger partial charge is 0.494 e. The minimum atomic E-state index is -0.575. The highest BCUT2D eigenvalue weighted by molar-refractivity contribution is 6.04. The van der Waals surface area contributed by atoms with E-state index in [1.807, 2.05) is 19.1 Å². The van der Waals surface area contributed by atoms with E-state index in [1.54, 1.807) is 12.1 Å². The van der Waals surface area contributed by atoms with Crippen molar-refractivity contribution in [2.45, 2.75) is 13.0 Å². The minimum absolute atomic E-state index is 0.102. The first-order chi connectivity index (χ1) is 10.0. The molecule has 0 saturated heterocycles. The number of nitrogens with two attached hydrogens (primary N) is 1. The van der Waals surface area contributed by atoms with E-state index in [9.17, 15) is 9.18 Å². The zero-order valence-electron chi connectivity index (χ0n) is 11.9. The van der Waals surface area contributed by atoms with Gasteiger partial charge in [-0.1, -0.05) is 12.1 Å². The van der Waals surface area contributed by atoms with E-state index < -0.39 is 11.7 Å². The Morgan fingerprint density at radius 2 is 2.05 bits per heavy atom. The van der Waals surface area contributed by atoms with Crippen LogP contribution in [0.25, 0.3) is 0 Å². The van der Waals surface area contributed by atoms with E-state index in [0.29, 0.717) is 5.69 Å². The molecule has 5 heteroatoms. The topological polar surface area (TPSA) is 64.3 Å². The molecular formula is C16H17FN2O2. The number of rotatable bonds is 4. The van der Waals surface area contributed by atoms with Crippen molar-refractivity contribution in [2.75, 3.05) is 12.4 Å². The number of benzene rings is 2. The Morgan fingerprint density at radius 1 is 1.29 bits per heavy atom. The van der Waals surface area contributed by atoms with Gasteiger partial charge in [0.25, 0.3) is 5.91 Å². The molecule has 0 saturated carbocycles. The molecular weight excluding hydrogens is 271 g/mol. The van der Waals surface area contributed by atoms with E-state index in [0.717, 1.165) is 11.6 Å². The van der Waals surface area contributed by atoms with Crippen LogP contribution in [-0.4, -0.2) is 13.0 Å². The van der Waals surface area contributed by atoms with Crippen LogP contribution in [0.3, 0.4) is 0 Å². The Kier molecular flexibility index (Phi) is 4.55. The van der Waals surface area contributed by atoms with E-state index in [-0.39, 0.29) is 17.4 Å². The van der Waals surface area contributed by atoms with Crippen LogP contribution in [0.15, 0.2) is 42.5 Å². The van der Waals surface area contributed by atoms with Gasteiger partial charge in [0.15, 0.2) is 11.6 Å². The summed E-state index contributed by atoms with van der Waals surface area (Å²) in [7, 11) is 1.37. The number of ether oxygens (including phenoxy) is 1. The average Bonchev–Trinajstić information content (AvgIpc) is 2.47. The third-order valence-electron chi connectivity index (χ3n) is 3.08. The van der Waals surface area contributed by atoms with E-state index in [1.165, 1.54) is 19.2 Å². The van der Waals surface area contributed by atoms with Gasteiger partial charge in [-0.3, -0.25) is 4.79 Å². The van der Waals surface area contributed by atoms with Crippen molar-refractivity contribution in [2.24, 2.45) is 5.73 Å². The molecule has 110 valence electrons. The quantitative estimate of drug-likeness (QED) is 0.908. The Hall–Kier alpha value is -2.40. The lowest BCUT2D eigenvalue weighted by atomic mass is 10.1. The lowest BCUT2D eigenvalue weighted by Crippen LogP contribution is -2.13. The van der Waals surface area contributed by atoms with Crippen LogP contribution in [0.1, 0.15) is 28.9 Å². The van der Waals surface area contributed by atoms with Gasteiger partial charge < -0.3 is 15.8 Å². The first-order valence-electron chi connectivity index (χ1n) is 6.51. The second-order valence-electron chi connectivity index (χ2n) is 4.72. The highest BCUT2D eigenvalue weighted by atomic mass is 19.1. The highest BCUT2D eigenvalue weighted by Gasteiger charge is 2.11.